The third kappa shape index (κ3) is 4.65. The van der Waals surface area contributed by atoms with Gasteiger partial charge in [0.2, 0.25) is 0 Å². The van der Waals surface area contributed by atoms with Gasteiger partial charge in [-0.05, 0) is 49.7 Å². The van der Waals surface area contributed by atoms with Crippen molar-refractivity contribution >= 4 is 5.97 Å². The number of rotatable bonds is 7. The first-order valence-corrected chi connectivity index (χ1v) is 7.68. The monoisotopic (exact) mass is 330 g/mol. The van der Waals surface area contributed by atoms with E-state index in [1.54, 1.807) is 18.2 Å². The van der Waals surface area contributed by atoms with Gasteiger partial charge in [-0.1, -0.05) is 12.1 Å². The highest BCUT2D eigenvalue weighted by Crippen LogP contribution is 2.29. The summed E-state index contributed by atoms with van der Waals surface area (Å²) in [5.41, 5.74) is 1.42. The SMILES string of the molecule is COC(=O)c1ccc(OCc2ccc(OC(C)C)cc2)c(OC)c1. The molecule has 0 unspecified atom stereocenters. The predicted octanol–water partition coefficient (Wildman–Crippen LogP) is 3.85. The normalized spacial score (nSPS) is 10.4. The highest BCUT2D eigenvalue weighted by molar-refractivity contribution is 5.90. The molecule has 0 bridgehead atoms. The average Bonchev–Trinajstić information content (AvgIpc) is 2.59. The highest BCUT2D eigenvalue weighted by Gasteiger charge is 2.11. The van der Waals surface area contributed by atoms with Gasteiger partial charge < -0.3 is 18.9 Å². The van der Waals surface area contributed by atoms with Gasteiger partial charge in [-0.25, -0.2) is 4.79 Å². The Labute approximate surface area is 142 Å². The lowest BCUT2D eigenvalue weighted by Crippen LogP contribution is -2.05. The number of methoxy groups -OCH3 is 2. The molecule has 0 amide bonds. The molecular formula is C19H22O5. The quantitative estimate of drug-likeness (QED) is 0.722. The summed E-state index contributed by atoms with van der Waals surface area (Å²) in [5.74, 6) is 1.46. The zero-order valence-corrected chi connectivity index (χ0v) is 14.4. The van der Waals surface area contributed by atoms with Crippen LogP contribution in [0, 0.1) is 0 Å². The Bertz CT molecular complexity index is 677. The zero-order chi connectivity index (χ0) is 17.5. The molecule has 0 saturated carbocycles. The lowest BCUT2D eigenvalue weighted by molar-refractivity contribution is 0.0600. The molecule has 0 aliphatic heterocycles. The molecule has 128 valence electrons. The Morgan fingerprint density at radius 1 is 1.00 bits per heavy atom. The van der Waals surface area contributed by atoms with E-state index >= 15 is 0 Å². The van der Waals surface area contributed by atoms with Crippen LogP contribution in [0.15, 0.2) is 42.5 Å². The number of carbonyl (C=O) groups is 1. The molecule has 0 heterocycles. The summed E-state index contributed by atoms with van der Waals surface area (Å²) in [6, 6.07) is 12.7. The van der Waals surface area contributed by atoms with Gasteiger partial charge in [-0.3, -0.25) is 0 Å². The maximum absolute atomic E-state index is 11.6. The minimum atomic E-state index is -0.416. The molecule has 2 aromatic rings. The highest BCUT2D eigenvalue weighted by atomic mass is 16.5. The van der Waals surface area contributed by atoms with Crippen molar-refractivity contribution in [1.29, 1.82) is 0 Å². The Morgan fingerprint density at radius 2 is 1.71 bits per heavy atom. The zero-order valence-electron chi connectivity index (χ0n) is 14.4. The first kappa shape index (κ1) is 17.7. The van der Waals surface area contributed by atoms with Crippen LogP contribution in [0.2, 0.25) is 0 Å². The van der Waals surface area contributed by atoms with Crippen LogP contribution in [-0.2, 0) is 11.3 Å². The maximum atomic E-state index is 11.6. The van der Waals surface area contributed by atoms with Crippen LogP contribution in [0.3, 0.4) is 0 Å². The molecule has 0 atom stereocenters. The number of carbonyl (C=O) groups excluding carboxylic acids is 1. The third-order valence-corrected chi connectivity index (χ3v) is 3.27. The van der Waals surface area contributed by atoms with Crippen molar-refractivity contribution in [3.05, 3.63) is 53.6 Å². The van der Waals surface area contributed by atoms with Crippen molar-refractivity contribution in [2.24, 2.45) is 0 Å². The van der Waals surface area contributed by atoms with Crippen molar-refractivity contribution in [2.45, 2.75) is 26.6 Å². The lowest BCUT2D eigenvalue weighted by Gasteiger charge is -2.13. The fourth-order valence-corrected chi connectivity index (χ4v) is 2.13. The van der Waals surface area contributed by atoms with Crippen LogP contribution in [0.5, 0.6) is 17.2 Å². The molecule has 24 heavy (non-hydrogen) atoms. The van der Waals surface area contributed by atoms with Gasteiger partial charge in [0, 0.05) is 0 Å². The lowest BCUT2D eigenvalue weighted by atomic mass is 10.2. The number of benzene rings is 2. The molecule has 5 nitrogen and oxygen atoms in total. The van der Waals surface area contributed by atoms with Crippen molar-refractivity contribution in [1.82, 2.24) is 0 Å². The Balaban J connectivity index is 2.04. The third-order valence-electron chi connectivity index (χ3n) is 3.27. The standard InChI is InChI=1S/C19H22O5/c1-13(2)24-16-8-5-14(6-9-16)12-23-17-10-7-15(19(20)22-4)11-18(17)21-3/h5-11,13H,12H2,1-4H3. The number of ether oxygens (including phenoxy) is 4. The number of hydrogen-bond donors (Lipinski definition) is 0. The topological polar surface area (TPSA) is 54.0 Å². The molecule has 2 aromatic carbocycles. The van der Waals surface area contributed by atoms with Gasteiger partial charge in [-0.15, -0.1) is 0 Å². The summed E-state index contributed by atoms with van der Waals surface area (Å²) in [6.45, 7) is 4.36. The van der Waals surface area contributed by atoms with E-state index in [1.807, 2.05) is 38.1 Å². The molecule has 0 fully saturated rings. The summed E-state index contributed by atoms with van der Waals surface area (Å²) in [6.07, 6.45) is 0.143. The Morgan fingerprint density at radius 3 is 2.29 bits per heavy atom. The molecule has 0 radical (unpaired) electrons. The average molecular weight is 330 g/mol. The molecule has 0 aliphatic carbocycles. The van der Waals surface area contributed by atoms with Crippen LogP contribution < -0.4 is 14.2 Å². The second kappa shape index (κ2) is 8.24. The van der Waals surface area contributed by atoms with Gasteiger partial charge >= 0.3 is 5.97 Å². The van der Waals surface area contributed by atoms with E-state index in [0.717, 1.165) is 11.3 Å². The van der Waals surface area contributed by atoms with E-state index in [-0.39, 0.29) is 6.10 Å². The van der Waals surface area contributed by atoms with Gasteiger partial charge in [0.05, 0.1) is 25.9 Å². The first-order chi connectivity index (χ1) is 11.5. The minimum Gasteiger partial charge on any atom is -0.493 e. The summed E-state index contributed by atoms with van der Waals surface area (Å²) in [7, 11) is 2.87. The van der Waals surface area contributed by atoms with Crippen LogP contribution >= 0.6 is 0 Å². The minimum absolute atomic E-state index is 0.143. The molecule has 0 aromatic heterocycles. The predicted molar refractivity (Wildman–Crippen MR) is 90.9 cm³/mol. The second-order valence-corrected chi connectivity index (χ2v) is 5.46. The molecular weight excluding hydrogens is 308 g/mol. The van der Waals surface area contributed by atoms with Crippen molar-refractivity contribution < 1.29 is 23.7 Å². The van der Waals surface area contributed by atoms with Crippen LogP contribution in [0.1, 0.15) is 29.8 Å². The van der Waals surface area contributed by atoms with E-state index in [0.29, 0.717) is 23.7 Å². The van der Waals surface area contributed by atoms with Gasteiger partial charge in [0.1, 0.15) is 12.4 Å². The Kier molecular flexibility index (Phi) is 6.07. The van der Waals surface area contributed by atoms with Crippen molar-refractivity contribution in [2.75, 3.05) is 14.2 Å². The van der Waals surface area contributed by atoms with E-state index in [1.165, 1.54) is 14.2 Å². The smallest absolute Gasteiger partial charge is 0.337 e. The fourth-order valence-electron chi connectivity index (χ4n) is 2.13. The maximum Gasteiger partial charge on any atom is 0.337 e. The van der Waals surface area contributed by atoms with Crippen molar-refractivity contribution in [3.8, 4) is 17.2 Å². The van der Waals surface area contributed by atoms with E-state index < -0.39 is 5.97 Å². The van der Waals surface area contributed by atoms with Gasteiger partial charge in [0.15, 0.2) is 11.5 Å². The largest absolute Gasteiger partial charge is 0.493 e. The fraction of sp³-hybridized carbons (Fsp3) is 0.316. The van der Waals surface area contributed by atoms with Crippen LogP contribution in [-0.4, -0.2) is 26.3 Å². The second-order valence-electron chi connectivity index (χ2n) is 5.46. The molecule has 0 aliphatic rings. The molecule has 5 heteroatoms. The molecule has 0 N–H and O–H groups in total. The summed E-state index contributed by atoms with van der Waals surface area (Å²) in [5, 5.41) is 0. The van der Waals surface area contributed by atoms with Crippen LogP contribution in [0.4, 0.5) is 0 Å². The van der Waals surface area contributed by atoms with E-state index in [9.17, 15) is 4.79 Å². The summed E-state index contributed by atoms with van der Waals surface area (Å²) >= 11 is 0. The molecule has 0 saturated heterocycles. The van der Waals surface area contributed by atoms with Crippen LogP contribution in [0.25, 0.3) is 0 Å². The van der Waals surface area contributed by atoms with E-state index in [4.69, 9.17) is 18.9 Å². The first-order valence-electron chi connectivity index (χ1n) is 7.68. The summed E-state index contributed by atoms with van der Waals surface area (Å²) < 4.78 is 21.4. The summed E-state index contributed by atoms with van der Waals surface area (Å²) in [4.78, 5) is 11.6. The van der Waals surface area contributed by atoms with Crippen molar-refractivity contribution in [3.63, 3.8) is 0 Å². The number of hydrogen-bond acceptors (Lipinski definition) is 5. The van der Waals surface area contributed by atoms with Gasteiger partial charge in [-0.2, -0.15) is 0 Å². The van der Waals surface area contributed by atoms with Gasteiger partial charge in [0.25, 0.3) is 0 Å². The number of esters is 1. The van der Waals surface area contributed by atoms with E-state index in [2.05, 4.69) is 0 Å². The Hall–Kier alpha value is -2.69. The molecule has 2 rings (SSSR count). The molecule has 0 spiro atoms.